The summed E-state index contributed by atoms with van der Waals surface area (Å²) in [5.41, 5.74) is 0. The Bertz CT molecular complexity index is 682. The summed E-state index contributed by atoms with van der Waals surface area (Å²) < 4.78 is 47.2. The smallest absolute Gasteiger partial charge is 0.159 e. The minimum Gasteiger partial charge on any atom is -0.735 e. The molecule has 3 aliphatic rings. The molecule has 3 rings (SSSR count). The standard InChI is InChI=1S/C6H13NO6S.C6H10O5.C5H10O3.3H2O/c8-2-4-1-6(9)5(3-13-4)7-14(10,11)12;7-3-1-5(6(9)10)11-2-4(3)8;6-2-5-1-4(7)3-8-5;;;/h4-9H,1-3H2,(H,10,11,12);3-5,7-8H,1-2H2,(H,9,10);4-7H,1-3H2;3*1H2/p-2. The highest BCUT2D eigenvalue weighted by Gasteiger charge is 2.30. The van der Waals surface area contributed by atoms with Crippen LogP contribution in [0.5, 0.6) is 0 Å². The van der Waals surface area contributed by atoms with E-state index in [-0.39, 0.29) is 67.9 Å². The van der Waals surface area contributed by atoms with E-state index < -0.39 is 52.8 Å². The summed E-state index contributed by atoms with van der Waals surface area (Å²) in [5.74, 6) is -1.35. The molecule has 3 heterocycles. The minimum absolute atomic E-state index is 0. The van der Waals surface area contributed by atoms with Crippen LogP contribution < -0.4 is 9.83 Å². The molecule has 3 aliphatic heterocycles. The van der Waals surface area contributed by atoms with Crippen LogP contribution >= 0.6 is 0 Å². The van der Waals surface area contributed by atoms with Crippen LogP contribution in [0.1, 0.15) is 19.3 Å². The molecule has 0 aromatic rings. The molecule has 0 saturated carbocycles. The molecule has 8 unspecified atom stereocenters. The number of aliphatic hydroxyl groups is 6. The van der Waals surface area contributed by atoms with Crippen LogP contribution in [-0.2, 0) is 29.3 Å². The summed E-state index contributed by atoms with van der Waals surface area (Å²) in [7, 11) is -4.58. The third kappa shape index (κ3) is 15.2. The molecule has 8 atom stereocenters. The van der Waals surface area contributed by atoms with Crippen molar-refractivity contribution in [2.45, 2.75) is 68.0 Å². The number of nitrogens with one attached hydrogen (secondary N) is 1. The van der Waals surface area contributed by atoms with Crippen molar-refractivity contribution in [2.75, 3.05) is 33.0 Å². The summed E-state index contributed by atoms with van der Waals surface area (Å²) in [6, 6.07) is -0.930. The van der Waals surface area contributed by atoms with Gasteiger partial charge in [0.1, 0.15) is 6.10 Å². The van der Waals surface area contributed by atoms with Crippen molar-refractivity contribution >= 4 is 16.3 Å². The summed E-state index contributed by atoms with van der Waals surface area (Å²) in [4.78, 5) is 10.2. The number of carboxylic acids is 1. The lowest BCUT2D eigenvalue weighted by Crippen LogP contribution is -2.52. The van der Waals surface area contributed by atoms with Crippen LogP contribution in [0.4, 0.5) is 0 Å². The number of aliphatic carboxylic acids is 1. The maximum atomic E-state index is 10.3. The Hall–Kier alpha value is -1.14. The van der Waals surface area contributed by atoms with Gasteiger partial charge in [-0.25, -0.2) is 13.1 Å². The van der Waals surface area contributed by atoms with Gasteiger partial charge in [-0.2, -0.15) is 0 Å². The van der Waals surface area contributed by atoms with Crippen molar-refractivity contribution in [2.24, 2.45) is 0 Å². The van der Waals surface area contributed by atoms with E-state index in [0.717, 1.165) is 0 Å². The molecule has 0 aromatic heterocycles. The second kappa shape index (κ2) is 19.0. The molecule has 0 radical (unpaired) electrons. The maximum absolute atomic E-state index is 10.3. The Kier molecular flexibility index (Phi) is 20.8. The van der Waals surface area contributed by atoms with Crippen LogP contribution in [0, 0.1) is 0 Å². The SMILES string of the molecule is O.O.O.O=C([O-])C1CC(O)C(O)CO1.O=S(=O)([O-])NC1COC(CO)CC1O.OCC1CC(O)CO1. The molecule has 0 amide bonds. The Morgan fingerprint density at radius 3 is 1.69 bits per heavy atom. The van der Waals surface area contributed by atoms with Gasteiger partial charge in [-0.05, 0) is 0 Å². The van der Waals surface area contributed by atoms with Gasteiger partial charge in [0.2, 0.25) is 0 Å². The van der Waals surface area contributed by atoms with Crippen molar-refractivity contribution in [1.29, 1.82) is 0 Å². The first-order valence-electron chi connectivity index (χ1n) is 10.1. The summed E-state index contributed by atoms with van der Waals surface area (Å²) in [6.07, 6.45) is -4.51. The molecule has 19 heteroatoms. The fourth-order valence-electron chi connectivity index (χ4n) is 3.03. The van der Waals surface area contributed by atoms with Crippen LogP contribution in [0.25, 0.3) is 0 Å². The monoisotopic (exact) mass is 559 g/mol. The predicted molar refractivity (Wildman–Crippen MR) is 114 cm³/mol. The average Bonchev–Trinajstić information content (AvgIpc) is 3.17. The molecule has 0 aromatic carbocycles. The van der Waals surface area contributed by atoms with E-state index in [9.17, 15) is 28.0 Å². The number of hydrogen-bond donors (Lipinski definition) is 7. The molecule has 0 aliphatic carbocycles. The number of rotatable bonds is 5. The largest absolute Gasteiger partial charge is 0.735 e. The zero-order valence-corrected chi connectivity index (χ0v) is 19.9. The summed E-state index contributed by atoms with van der Waals surface area (Å²) in [6.45, 7) is -0.107. The molecule has 36 heavy (non-hydrogen) atoms. The van der Waals surface area contributed by atoms with Gasteiger partial charge in [0.05, 0.1) is 81.7 Å². The number of carboxylic acid groups (broad SMARTS) is 1. The lowest BCUT2D eigenvalue weighted by atomic mass is 10.0. The second-order valence-corrected chi connectivity index (χ2v) is 8.80. The van der Waals surface area contributed by atoms with Crippen molar-refractivity contribution in [3.8, 4) is 0 Å². The first-order chi connectivity index (χ1) is 15.4. The first kappa shape index (κ1) is 39.4. The van der Waals surface area contributed by atoms with Crippen LogP contribution in [0.15, 0.2) is 0 Å². The number of carbonyl (C=O) groups is 1. The van der Waals surface area contributed by atoms with Gasteiger partial charge in [0.25, 0.3) is 0 Å². The highest BCUT2D eigenvalue weighted by atomic mass is 32.2. The maximum Gasteiger partial charge on any atom is 0.159 e. The Balaban J connectivity index is -0.000000449. The fraction of sp³-hybridized carbons (Fsp3) is 0.941. The highest BCUT2D eigenvalue weighted by Crippen LogP contribution is 2.15. The van der Waals surface area contributed by atoms with E-state index in [1.807, 2.05) is 0 Å². The summed E-state index contributed by atoms with van der Waals surface area (Å²) >= 11 is 0. The molecule has 18 nitrogen and oxygen atoms in total. The van der Waals surface area contributed by atoms with E-state index in [1.165, 1.54) is 0 Å². The van der Waals surface area contributed by atoms with Gasteiger partial charge in [-0.1, -0.05) is 0 Å². The van der Waals surface area contributed by atoms with Crippen LogP contribution in [0.3, 0.4) is 0 Å². The van der Waals surface area contributed by atoms with Crippen LogP contribution in [-0.4, -0.2) is 148 Å². The molecule has 0 bridgehead atoms. The number of ether oxygens (including phenoxy) is 3. The van der Waals surface area contributed by atoms with Gasteiger partial charge in [-0.15, -0.1) is 0 Å². The molecule has 0 spiro atoms. The van der Waals surface area contributed by atoms with Crippen molar-refractivity contribution in [3.05, 3.63) is 0 Å². The van der Waals surface area contributed by atoms with E-state index >= 15 is 0 Å². The minimum atomic E-state index is -4.58. The van der Waals surface area contributed by atoms with Gasteiger partial charge >= 0.3 is 0 Å². The van der Waals surface area contributed by atoms with E-state index in [4.69, 9.17) is 35.0 Å². The molecular weight excluding hydrogens is 522 g/mol. The molecule has 220 valence electrons. The lowest BCUT2D eigenvalue weighted by Gasteiger charge is -2.33. The van der Waals surface area contributed by atoms with Crippen molar-refractivity contribution < 1.29 is 84.1 Å². The Morgan fingerprint density at radius 1 is 0.806 bits per heavy atom. The number of hydrogen-bond acceptors (Lipinski definition) is 14. The summed E-state index contributed by atoms with van der Waals surface area (Å²) in [5, 5.41) is 63.4. The van der Waals surface area contributed by atoms with E-state index in [0.29, 0.717) is 13.0 Å². The normalized spacial score (nSPS) is 33.6. The highest BCUT2D eigenvalue weighted by molar-refractivity contribution is 7.83. The predicted octanol–water partition coefficient (Wildman–Crippen LogP) is -8.55. The van der Waals surface area contributed by atoms with Crippen molar-refractivity contribution in [3.63, 3.8) is 0 Å². The number of aliphatic hydroxyl groups excluding tert-OH is 6. The van der Waals surface area contributed by atoms with Crippen LogP contribution in [0.2, 0.25) is 0 Å². The topological polar surface area (TPSA) is 353 Å². The van der Waals surface area contributed by atoms with Gasteiger partial charge in [0, 0.05) is 19.3 Å². The molecule has 3 saturated heterocycles. The van der Waals surface area contributed by atoms with E-state index in [1.54, 1.807) is 4.72 Å². The first-order valence-corrected chi connectivity index (χ1v) is 11.5. The van der Waals surface area contributed by atoms with Crippen molar-refractivity contribution in [1.82, 2.24) is 4.72 Å². The Morgan fingerprint density at radius 2 is 1.33 bits per heavy atom. The zero-order valence-electron chi connectivity index (χ0n) is 19.1. The molecular formula is C17H37NO17S-2. The number of carbonyl (C=O) groups excluding carboxylic acids is 1. The third-order valence-corrected chi connectivity index (χ3v) is 5.46. The average molecular weight is 560 g/mol. The van der Waals surface area contributed by atoms with Gasteiger partial charge in [0.15, 0.2) is 10.3 Å². The van der Waals surface area contributed by atoms with E-state index in [2.05, 4.69) is 4.74 Å². The fourth-order valence-corrected chi connectivity index (χ4v) is 3.62. The van der Waals surface area contributed by atoms with Gasteiger partial charge < -0.3 is 75.7 Å². The molecule has 3 fully saturated rings. The second-order valence-electron chi connectivity index (χ2n) is 7.66. The van der Waals surface area contributed by atoms with Gasteiger partial charge in [-0.3, -0.25) is 0 Å². The zero-order chi connectivity index (χ0) is 25.2. The molecule has 13 N–H and O–H groups in total. The lowest BCUT2D eigenvalue weighted by molar-refractivity contribution is -0.321. The quantitative estimate of drug-likeness (QED) is 0.154. The third-order valence-electron chi connectivity index (χ3n) is 4.87. The Labute approximate surface area is 206 Å².